The number of carbonyl (C=O) groups excluding carboxylic acids is 1. The van der Waals surface area contributed by atoms with Gasteiger partial charge in [0.15, 0.2) is 0 Å². The van der Waals surface area contributed by atoms with Crippen molar-refractivity contribution in [1.82, 2.24) is 9.97 Å². The third-order valence-electron chi connectivity index (χ3n) is 5.71. The molecule has 170 valence electrons. The van der Waals surface area contributed by atoms with E-state index in [-0.39, 0.29) is 17.8 Å². The highest BCUT2D eigenvalue weighted by atomic mass is 16.5. The Morgan fingerprint density at radius 1 is 1.31 bits per heavy atom. The summed E-state index contributed by atoms with van der Waals surface area (Å²) in [6.45, 7) is 8.94. The first kappa shape index (κ1) is 23.5. The number of nitrogens with zero attached hydrogens (tertiary/aromatic N) is 5. The van der Waals surface area contributed by atoms with Crippen molar-refractivity contribution in [3.8, 4) is 11.8 Å². The highest BCUT2D eigenvalue weighted by molar-refractivity contribution is 5.76. The molecule has 2 heterocycles. The Bertz CT molecular complexity index is 925. The van der Waals surface area contributed by atoms with Crippen LogP contribution in [0.1, 0.15) is 57.9 Å². The molecule has 0 radical (unpaired) electrons. The predicted molar refractivity (Wildman–Crippen MR) is 126 cm³/mol. The van der Waals surface area contributed by atoms with Gasteiger partial charge in [0.1, 0.15) is 23.5 Å². The van der Waals surface area contributed by atoms with Gasteiger partial charge in [-0.25, -0.2) is 4.98 Å². The molecule has 1 aliphatic heterocycles. The molecule has 32 heavy (non-hydrogen) atoms. The van der Waals surface area contributed by atoms with Crippen LogP contribution in [0.5, 0.6) is 5.75 Å². The van der Waals surface area contributed by atoms with Crippen LogP contribution >= 0.6 is 0 Å². The maximum atomic E-state index is 11.4. The number of ether oxygens (including phenoxy) is 1. The average Bonchev–Trinajstić information content (AvgIpc) is 3.25. The molecule has 1 aromatic carbocycles. The Kier molecular flexibility index (Phi) is 8.43. The highest BCUT2D eigenvalue weighted by Gasteiger charge is 2.26. The summed E-state index contributed by atoms with van der Waals surface area (Å²) < 4.78 is 6.21. The van der Waals surface area contributed by atoms with Crippen LogP contribution in [0.25, 0.3) is 0 Å². The first-order chi connectivity index (χ1) is 15.5. The second kappa shape index (κ2) is 11.5. The molecule has 1 aromatic heterocycles. The van der Waals surface area contributed by atoms with Crippen LogP contribution in [0, 0.1) is 11.3 Å². The molecule has 7 heteroatoms. The van der Waals surface area contributed by atoms with Crippen LogP contribution < -0.4 is 14.5 Å². The maximum Gasteiger partial charge on any atom is 0.227 e. The summed E-state index contributed by atoms with van der Waals surface area (Å²) in [5.41, 5.74) is 1.15. The highest BCUT2D eigenvalue weighted by Crippen LogP contribution is 2.26. The maximum absolute atomic E-state index is 11.4. The molecule has 0 unspecified atom stereocenters. The fourth-order valence-electron chi connectivity index (χ4n) is 4.08. The van der Waals surface area contributed by atoms with Crippen LogP contribution in [0.15, 0.2) is 36.5 Å². The van der Waals surface area contributed by atoms with Gasteiger partial charge in [-0.2, -0.15) is 10.2 Å². The first-order valence-electron chi connectivity index (χ1n) is 11.5. The number of carbonyl (C=O) groups is 1. The van der Waals surface area contributed by atoms with Gasteiger partial charge in [-0.05, 0) is 43.0 Å². The number of Topliss-reactive ketones (excluding diaryl/α,β-unsaturated/α-hetero) is 1. The van der Waals surface area contributed by atoms with Crippen LogP contribution in [0.4, 0.5) is 11.8 Å². The molecular weight excluding hydrogens is 402 g/mol. The molecule has 2 atom stereocenters. The normalized spacial score (nSPS) is 16.4. The first-order valence-corrected chi connectivity index (χ1v) is 11.5. The SMILES string of the molecule is CCCN(CCC#N)c1nccc(N2CC[C@@H](Oc3ccc([C@H](C)CC(C)=O)cc3)C2)n1. The van der Waals surface area contributed by atoms with Crippen LogP contribution in [0.2, 0.25) is 0 Å². The summed E-state index contributed by atoms with van der Waals surface area (Å²) in [4.78, 5) is 24.9. The molecule has 3 rings (SSSR count). The lowest BCUT2D eigenvalue weighted by atomic mass is 9.96. The van der Waals surface area contributed by atoms with Gasteiger partial charge in [-0.3, -0.25) is 0 Å². The van der Waals surface area contributed by atoms with Crippen molar-refractivity contribution < 1.29 is 9.53 Å². The summed E-state index contributed by atoms with van der Waals surface area (Å²) in [6, 6.07) is 12.2. The zero-order chi connectivity index (χ0) is 22.9. The standard InChI is InChI=1S/C25H33N5O2/c1-4-14-29(15-5-12-26)25-27-13-10-24(28-25)30-16-11-23(18-30)32-22-8-6-21(7-9-22)19(2)17-20(3)31/h6-10,13,19,23H,4-5,11,14-18H2,1-3H3/t19-,23-/m1/s1. The molecule has 0 N–H and O–H groups in total. The zero-order valence-corrected chi connectivity index (χ0v) is 19.3. The minimum absolute atomic E-state index is 0.0965. The molecule has 1 fully saturated rings. The van der Waals surface area contributed by atoms with E-state index in [4.69, 9.17) is 15.0 Å². The largest absolute Gasteiger partial charge is 0.489 e. The number of anilines is 2. The Hall–Kier alpha value is -3.14. The Morgan fingerprint density at radius 2 is 2.09 bits per heavy atom. The summed E-state index contributed by atoms with van der Waals surface area (Å²) in [6.07, 6.45) is 4.81. The number of hydrogen-bond acceptors (Lipinski definition) is 7. The van der Waals surface area contributed by atoms with Crippen molar-refractivity contribution in [1.29, 1.82) is 5.26 Å². The molecule has 0 saturated carbocycles. The van der Waals surface area contributed by atoms with Crippen molar-refractivity contribution >= 4 is 17.5 Å². The van der Waals surface area contributed by atoms with Gasteiger partial charge >= 0.3 is 0 Å². The molecule has 0 aliphatic carbocycles. The quantitative estimate of drug-likeness (QED) is 0.519. The van der Waals surface area contributed by atoms with Crippen molar-refractivity contribution in [2.24, 2.45) is 0 Å². The third kappa shape index (κ3) is 6.43. The number of ketones is 1. The fourth-order valence-corrected chi connectivity index (χ4v) is 4.08. The van der Waals surface area contributed by atoms with Gasteiger partial charge in [0.2, 0.25) is 5.95 Å². The van der Waals surface area contributed by atoms with Gasteiger partial charge < -0.3 is 19.3 Å². The number of aromatic nitrogens is 2. The molecule has 1 aliphatic rings. The van der Waals surface area contributed by atoms with Gasteiger partial charge in [0.25, 0.3) is 0 Å². The monoisotopic (exact) mass is 435 g/mol. The molecule has 0 bridgehead atoms. The molecular formula is C25H33N5O2. The van der Waals surface area contributed by atoms with E-state index in [2.05, 4.69) is 46.8 Å². The lowest BCUT2D eigenvalue weighted by molar-refractivity contribution is -0.117. The smallest absolute Gasteiger partial charge is 0.227 e. The van der Waals surface area contributed by atoms with Crippen molar-refractivity contribution in [3.63, 3.8) is 0 Å². The van der Waals surface area contributed by atoms with Gasteiger partial charge in [0.05, 0.1) is 19.0 Å². The lowest BCUT2D eigenvalue weighted by Crippen LogP contribution is -2.29. The van der Waals surface area contributed by atoms with E-state index in [1.165, 1.54) is 0 Å². The minimum atomic E-state index is 0.0965. The Labute approximate surface area is 191 Å². The van der Waals surface area contributed by atoms with Gasteiger partial charge in [0, 0.05) is 38.7 Å². The second-order valence-corrected chi connectivity index (χ2v) is 8.46. The summed E-state index contributed by atoms with van der Waals surface area (Å²) >= 11 is 0. The average molecular weight is 436 g/mol. The fraction of sp³-hybridized carbons (Fsp3) is 0.520. The third-order valence-corrected chi connectivity index (χ3v) is 5.71. The molecule has 0 amide bonds. The summed E-state index contributed by atoms with van der Waals surface area (Å²) in [5, 5.41) is 8.93. The van der Waals surface area contributed by atoms with E-state index < -0.39 is 0 Å². The summed E-state index contributed by atoms with van der Waals surface area (Å²) in [7, 11) is 0. The Balaban J connectivity index is 1.59. The van der Waals surface area contributed by atoms with Crippen LogP contribution in [0.3, 0.4) is 0 Å². The predicted octanol–water partition coefficient (Wildman–Crippen LogP) is 4.35. The molecule has 0 spiro atoms. The van der Waals surface area contributed by atoms with Crippen molar-refractivity contribution in [3.05, 3.63) is 42.1 Å². The zero-order valence-electron chi connectivity index (χ0n) is 19.3. The molecule has 7 nitrogen and oxygen atoms in total. The minimum Gasteiger partial charge on any atom is -0.489 e. The van der Waals surface area contributed by atoms with E-state index in [9.17, 15) is 4.79 Å². The number of rotatable bonds is 11. The Morgan fingerprint density at radius 3 is 2.78 bits per heavy atom. The van der Waals surface area contributed by atoms with E-state index in [1.54, 1.807) is 13.1 Å². The van der Waals surface area contributed by atoms with E-state index in [1.807, 2.05) is 18.2 Å². The van der Waals surface area contributed by atoms with Crippen LogP contribution in [-0.4, -0.2) is 48.0 Å². The second-order valence-electron chi connectivity index (χ2n) is 8.46. The van der Waals surface area contributed by atoms with E-state index in [0.29, 0.717) is 25.3 Å². The van der Waals surface area contributed by atoms with Crippen LogP contribution in [-0.2, 0) is 4.79 Å². The van der Waals surface area contributed by atoms with Crippen molar-refractivity contribution in [2.45, 2.75) is 58.5 Å². The summed E-state index contributed by atoms with van der Waals surface area (Å²) in [5.74, 6) is 2.85. The topological polar surface area (TPSA) is 82.4 Å². The van der Waals surface area contributed by atoms with Gasteiger partial charge in [-0.1, -0.05) is 26.0 Å². The van der Waals surface area contributed by atoms with Crippen molar-refractivity contribution in [2.75, 3.05) is 36.0 Å². The lowest BCUT2D eigenvalue weighted by Gasteiger charge is -2.23. The van der Waals surface area contributed by atoms with E-state index in [0.717, 1.165) is 49.6 Å². The number of benzene rings is 1. The van der Waals surface area contributed by atoms with Gasteiger partial charge in [-0.15, -0.1) is 0 Å². The molecule has 1 saturated heterocycles. The van der Waals surface area contributed by atoms with E-state index >= 15 is 0 Å². The number of nitriles is 1. The molecule has 2 aromatic rings. The number of hydrogen-bond donors (Lipinski definition) is 0.